The summed E-state index contributed by atoms with van der Waals surface area (Å²) in [5.41, 5.74) is -1.58. The highest BCUT2D eigenvalue weighted by atomic mass is 35.5. The van der Waals surface area contributed by atoms with E-state index >= 15 is 0 Å². The molecule has 1 fully saturated rings. The number of nitrogens with zero attached hydrogens (tertiary/aromatic N) is 2. The fourth-order valence-electron chi connectivity index (χ4n) is 3.92. The summed E-state index contributed by atoms with van der Waals surface area (Å²) >= 11 is 6.35. The van der Waals surface area contributed by atoms with E-state index in [-0.39, 0.29) is 28.6 Å². The molecule has 38 heavy (non-hydrogen) atoms. The van der Waals surface area contributed by atoms with Crippen molar-refractivity contribution in [2.45, 2.75) is 52.8 Å². The first-order valence-corrected chi connectivity index (χ1v) is 12.5. The number of hydrogen-bond acceptors (Lipinski definition) is 5. The van der Waals surface area contributed by atoms with Crippen LogP contribution in [0.4, 0.5) is 13.2 Å². The monoisotopic (exact) mass is 548 g/mol. The second kappa shape index (κ2) is 10.4. The fraction of sp³-hybridized carbons (Fsp3) is 0.407. The van der Waals surface area contributed by atoms with Gasteiger partial charge < -0.3 is 10.1 Å². The number of amides is 1. The van der Waals surface area contributed by atoms with Gasteiger partial charge in [-0.1, -0.05) is 31.0 Å². The first-order valence-electron chi connectivity index (χ1n) is 12.1. The van der Waals surface area contributed by atoms with Crippen LogP contribution < -0.4 is 15.7 Å². The van der Waals surface area contributed by atoms with Crippen LogP contribution in [0.1, 0.15) is 45.6 Å². The average molecular weight is 549 g/mol. The third-order valence-electron chi connectivity index (χ3n) is 6.93. The van der Waals surface area contributed by atoms with E-state index in [0.717, 1.165) is 26.7 Å². The topological polar surface area (TPSA) is 97.0 Å². The van der Waals surface area contributed by atoms with Crippen LogP contribution in [0.25, 0.3) is 22.8 Å². The van der Waals surface area contributed by atoms with Crippen molar-refractivity contribution in [2.75, 3.05) is 6.61 Å². The van der Waals surface area contributed by atoms with Gasteiger partial charge in [-0.05, 0) is 68.7 Å². The molecule has 1 amide bonds. The SMILES string of the molecule is CC1(COc2ccc(-c3nc(-c4cc(CNC(=O)C(C)(C)C(F)(F)F)ccc4Cl)[nH]c(=O)n3)cc2)CCC1. The van der Waals surface area contributed by atoms with Gasteiger partial charge in [0.1, 0.15) is 17.0 Å². The molecule has 0 radical (unpaired) electrons. The summed E-state index contributed by atoms with van der Waals surface area (Å²) in [5, 5.41) is 2.56. The molecule has 7 nitrogen and oxygen atoms in total. The van der Waals surface area contributed by atoms with Gasteiger partial charge in [0.05, 0.1) is 11.6 Å². The Kier molecular flexibility index (Phi) is 7.56. The Morgan fingerprint density at radius 2 is 1.82 bits per heavy atom. The summed E-state index contributed by atoms with van der Waals surface area (Å²) in [4.78, 5) is 35.5. The van der Waals surface area contributed by atoms with Crippen molar-refractivity contribution in [3.8, 4) is 28.5 Å². The molecule has 0 saturated heterocycles. The number of ether oxygens (including phenoxy) is 1. The Labute approximate surface area is 222 Å². The smallest absolute Gasteiger partial charge is 0.402 e. The van der Waals surface area contributed by atoms with Crippen LogP contribution in [-0.4, -0.2) is 33.6 Å². The average Bonchev–Trinajstić information content (AvgIpc) is 2.84. The standard InChI is InChI=1S/C27H28ClF3N4O3/c1-25(2,27(29,30)31)23(36)32-14-16-5-10-20(28)19(13-16)22-33-21(34-24(37)35-22)17-6-8-18(9-7-17)38-15-26(3)11-4-12-26/h5-10,13H,4,11-12,14-15H2,1-3H3,(H,32,36)(H,33,34,35,37). The number of halogens is 4. The number of rotatable bonds is 8. The Morgan fingerprint density at radius 1 is 1.13 bits per heavy atom. The molecular weight excluding hydrogens is 521 g/mol. The molecule has 0 spiro atoms. The number of alkyl halides is 3. The summed E-state index contributed by atoms with van der Waals surface area (Å²) in [6.45, 7) is 4.30. The van der Waals surface area contributed by atoms with Crippen LogP contribution in [0.15, 0.2) is 47.3 Å². The molecule has 3 aromatic rings. The Bertz CT molecular complexity index is 1380. The van der Waals surface area contributed by atoms with Crippen LogP contribution in [0.3, 0.4) is 0 Å². The van der Waals surface area contributed by atoms with E-state index < -0.39 is 23.2 Å². The maximum absolute atomic E-state index is 13.2. The maximum atomic E-state index is 13.2. The molecule has 1 heterocycles. The lowest BCUT2D eigenvalue weighted by atomic mass is 9.71. The molecule has 2 aromatic carbocycles. The predicted octanol–water partition coefficient (Wildman–Crippen LogP) is 5.93. The van der Waals surface area contributed by atoms with Crippen LogP contribution in [-0.2, 0) is 11.3 Å². The second-order valence-corrected chi connectivity index (χ2v) is 10.8. The van der Waals surface area contributed by atoms with Crippen LogP contribution in [0, 0.1) is 10.8 Å². The van der Waals surface area contributed by atoms with E-state index in [2.05, 4.69) is 27.2 Å². The Balaban J connectivity index is 1.52. The van der Waals surface area contributed by atoms with Gasteiger partial charge in [0.2, 0.25) is 5.91 Å². The van der Waals surface area contributed by atoms with E-state index in [9.17, 15) is 22.8 Å². The van der Waals surface area contributed by atoms with Crippen molar-refractivity contribution >= 4 is 17.5 Å². The van der Waals surface area contributed by atoms with Crippen LogP contribution in [0.5, 0.6) is 5.75 Å². The number of aromatic nitrogens is 3. The van der Waals surface area contributed by atoms with E-state index in [1.807, 2.05) is 0 Å². The molecule has 1 aliphatic rings. The summed E-state index contributed by atoms with van der Waals surface area (Å²) in [6, 6.07) is 11.7. The quantitative estimate of drug-likeness (QED) is 0.364. The van der Waals surface area contributed by atoms with Crippen molar-refractivity contribution in [2.24, 2.45) is 10.8 Å². The number of hydrogen-bond donors (Lipinski definition) is 2. The molecule has 1 aromatic heterocycles. The van der Waals surface area contributed by atoms with E-state index in [0.29, 0.717) is 29.0 Å². The van der Waals surface area contributed by atoms with Gasteiger partial charge in [0, 0.05) is 23.1 Å². The second-order valence-electron chi connectivity index (χ2n) is 10.4. The molecule has 1 saturated carbocycles. The van der Waals surface area contributed by atoms with Crippen molar-refractivity contribution in [1.29, 1.82) is 0 Å². The zero-order valence-electron chi connectivity index (χ0n) is 21.2. The number of carbonyl (C=O) groups excluding carboxylic acids is 1. The maximum Gasteiger partial charge on any atom is 0.402 e. The third-order valence-corrected chi connectivity index (χ3v) is 7.26. The summed E-state index contributed by atoms with van der Waals surface area (Å²) in [7, 11) is 0. The number of nitrogens with one attached hydrogen (secondary N) is 2. The fourth-order valence-corrected chi connectivity index (χ4v) is 4.13. The summed E-state index contributed by atoms with van der Waals surface area (Å²) < 4.78 is 45.4. The predicted molar refractivity (Wildman–Crippen MR) is 138 cm³/mol. The van der Waals surface area contributed by atoms with E-state index in [4.69, 9.17) is 16.3 Å². The molecule has 202 valence electrons. The number of aromatic amines is 1. The highest BCUT2D eigenvalue weighted by Crippen LogP contribution is 2.40. The lowest BCUT2D eigenvalue weighted by Crippen LogP contribution is -2.46. The van der Waals surface area contributed by atoms with Crippen molar-refractivity contribution in [3.05, 3.63) is 63.5 Å². The third kappa shape index (κ3) is 6.01. The summed E-state index contributed by atoms with van der Waals surface area (Å²) in [5.74, 6) is -0.151. The first-order chi connectivity index (χ1) is 17.8. The minimum Gasteiger partial charge on any atom is -0.493 e. The van der Waals surface area contributed by atoms with Crippen molar-refractivity contribution in [3.63, 3.8) is 0 Å². The molecule has 0 bridgehead atoms. The first kappa shape index (κ1) is 27.6. The van der Waals surface area contributed by atoms with Gasteiger partial charge in [-0.25, -0.2) is 9.78 Å². The van der Waals surface area contributed by atoms with Gasteiger partial charge in [0.15, 0.2) is 5.82 Å². The zero-order valence-corrected chi connectivity index (χ0v) is 22.0. The van der Waals surface area contributed by atoms with Gasteiger partial charge >= 0.3 is 11.9 Å². The van der Waals surface area contributed by atoms with Crippen molar-refractivity contribution in [1.82, 2.24) is 20.3 Å². The van der Waals surface area contributed by atoms with Gasteiger partial charge in [0.25, 0.3) is 0 Å². The number of benzene rings is 2. The molecular formula is C27H28ClF3N4O3. The lowest BCUT2D eigenvalue weighted by molar-refractivity contribution is -0.211. The van der Waals surface area contributed by atoms with Crippen LogP contribution >= 0.6 is 11.6 Å². The molecule has 1 aliphatic carbocycles. The zero-order chi connectivity index (χ0) is 27.7. The molecule has 11 heteroatoms. The van der Waals surface area contributed by atoms with E-state index in [1.54, 1.807) is 36.4 Å². The highest BCUT2D eigenvalue weighted by molar-refractivity contribution is 6.33. The van der Waals surface area contributed by atoms with Crippen LogP contribution in [0.2, 0.25) is 5.02 Å². The highest BCUT2D eigenvalue weighted by Gasteiger charge is 2.52. The normalized spacial score (nSPS) is 15.0. The summed E-state index contributed by atoms with van der Waals surface area (Å²) in [6.07, 6.45) is -1.18. The number of carbonyl (C=O) groups is 1. The molecule has 0 atom stereocenters. The number of H-pyrrole nitrogens is 1. The minimum absolute atomic E-state index is 0.132. The molecule has 2 N–H and O–H groups in total. The van der Waals surface area contributed by atoms with Crippen molar-refractivity contribution < 1.29 is 22.7 Å². The minimum atomic E-state index is -4.70. The van der Waals surface area contributed by atoms with Gasteiger partial charge in [-0.2, -0.15) is 18.2 Å². The van der Waals surface area contributed by atoms with E-state index in [1.165, 1.54) is 12.5 Å². The van der Waals surface area contributed by atoms with Gasteiger partial charge in [-0.3, -0.25) is 9.78 Å². The Morgan fingerprint density at radius 3 is 2.42 bits per heavy atom. The Hall–Kier alpha value is -3.40. The lowest BCUT2D eigenvalue weighted by Gasteiger charge is -2.37. The molecule has 0 aliphatic heterocycles. The largest absolute Gasteiger partial charge is 0.493 e. The molecule has 0 unspecified atom stereocenters. The van der Waals surface area contributed by atoms with Gasteiger partial charge in [-0.15, -0.1) is 0 Å². The molecule has 4 rings (SSSR count).